The largest absolute Gasteiger partial charge is 0.396 e. The molecule has 2 aliphatic rings. The van der Waals surface area contributed by atoms with Gasteiger partial charge in [0.1, 0.15) is 0 Å². The van der Waals surface area contributed by atoms with Gasteiger partial charge in [0.2, 0.25) is 0 Å². The Balaban J connectivity index is 1.87. The van der Waals surface area contributed by atoms with E-state index in [0.717, 1.165) is 12.6 Å². The van der Waals surface area contributed by atoms with E-state index in [1.807, 2.05) is 0 Å². The van der Waals surface area contributed by atoms with Crippen LogP contribution in [0.5, 0.6) is 0 Å². The molecule has 0 aliphatic heterocycles. The van der Waals surface area contributed by atoms with Crippen molar-refractivity contribution in [2.45, 2.75) is 57.4 Å². The molecule has 2 aliphatic carbocycles. The zero-order chi connectivity index (χ0) is 10.7. The van der Waals surface area contributed by atoms with Crippen LogP contribution in [0.3, 0.4) is 0 Å². The fourth-order valence-electron chi connectivity index (χ4n) is 3.15. The van der Waals surface area contributed by atoms with Crippen LogP contribution in [0.15, 0.2) is 0 Å². The maximum atomic E-state index is 9.64. The molecule has 2 saturated carbocycles. The van der Waals surface area contributed by atoms with E-state index in [-0.39, 0.29) is 5.41 Å². The van der Waals surface area contributed by atoms with Crippen molar-refractivity contribution in [3.8, 4) is 0 Å². The minimum Gasteiger partial charge on any atom is -0.396 e. The molecule has 0 aromatic rings. The molecule has 15 heavy (non-hydrogen) atoms. The van der Waals surface area contributed by atoms with E-state index in [2.05, 4.69) is 11.9 Å². The van der Waals surface area contributed by atoms with E-state index in [1.165, 1.54) is 51.4 Å². The van der Waals surface area contributed by atoms with Gasteiger partial charge >= 0.3 is 0 Å². The normalized spacial score (nSPS) is 26.6. The summed E-state index contributed by atoms with van der Waals surface area (Å²) in [5, 5.41) is 9.64. The third-order valence-corrected chi connectivity index (χ3v) is 4.53. The summed E-state index contributed by atoms with van der Waals surface area (Å²) in [5.41, 5.74) is 0.239. The first-order valence-corrected chi connectivity index (χ1v) is 6.57. The average Bonchev–Trinajstić information content (AvgIpc) is 2.16. The third-order valence-electron chi connectivity index (χ3n) is 4.53. The summed E-state index contributed by atoms with van der Waals surface area (Å²) >= 11 is 0. The van der Waals surface area contributed by atoms with Gasteiger partial charge in [0.25, 0.3) is 0 Å². The Labute approximate surface area is 93.7 Å². The molecule has 2 nitrogen and oxygen atoms in total. The van der Waals surface area contributed by atoms with E-state index in [1.54, 1.807) is 0 Å². The highest BCUT2D eigenvalue weighted by Gasteiger charge is 2.35. The maximum Gasteiger partial charge on any atom is 0.0499 e. The molecule has 0 aromatic heterocycles. The van der Waals surface area contributed by atoms with Crippen molar-refractivity contribution in [3.05, 3.63) is 0 Å². The van der Waals surface area contributed by atoms with Crippen molar-refractivity contribution in [1.82, 2.24) is 4.90 Å². The van der Waals surface area contributed by atoms with Crippen molar-refractivity contribution in [2.75, 3.05) is 20.2 Å². The summed E-state index contributed by atoms with van der Waals surface area (Å²) in [6.07, 6.45) is 10.6. The lowest BCUT2D eigenvalue weighted by atomic mass is 9.73. The molecule has 0 aromatic carbocycles. The number of aliphatic hydroxyl groups excluding tert-OH is 1. The topological polar surface area (TPSA) is 23.5 Å². The summed E-state index contributed by atoms with van der Waals surface area (Å²) in [4.78, 5) is 2.50. The van der Waals surface area contributed by atoms with Gasteiger partial charge in [-0.15, -0.1) is 0 Å². The molecular formula is C13H25NO. The van der Waals surface area contributed by atoms with Gasteiger partial charge in [-0.1, -0.05) is 25.7 Å². The lowest BCUT2D eigenvalue weighted by molar-refractivity contribution is 0.0219. The Morgan fingerprint density at radius 1 is 1.13 bits per heavy atom. The van der Waals surface area contributed by atoms with Crippen LogP contribution in [-0.2, 0) is 0 Å². The second-order valence-electron chi connectivity index (χ2n) is 5.72. The Morgan fingerprint density at radius 2 is 1.80 bits per heavy atom. The molecule has 2 fully saturated rings. The van der Waals surface area contributed by atoms with Gasteiger partial charge in [0, 0.05) is 24.6 Å². The second-order valence-corrected chi connectivity index (χ2v) is 5.72. The summed E-state index contributed by atoms with van der Waals surface area (Å²) in [6, 6.07) is 0.815. The highest BCUT2D eigenvalue weighted by atomic mass is 16.3. The van der Waals surface area contributed by atoms with Crippen LogP contribution in [0.25, 0.3) is 0 Å². The average molecular weight is 211 g/mol. The Bertz CT molecular complexity index is 195. The smallest absolute Gasteiger partial charge is 0.0499 e. The van der Waals surface area contributed by atoms with Crippen molar-refractivity contribution in [2.24, 2.45) is 5.41 Å². The molecule has 2 rings (SSSR count). The van der Waals surface area contributed by atoms with Crippen LogP contribution in [0.4, 0.5) is 0 Å². The number of hydrogen-bond donors (Lipinski definition) is 1. The number of rotatable bonds is 4. The van der Waals surface area contributed by atoms with Crippen LogP contribution < -0.4 is 0 Å². The predicted molar refractivity (Wildman–Crippen MR) is 62.9 cm³/mol. The molecule has 0 heterocycles. The molecule has 0 radical (unpaired) electrons. The minimum atomic E-state index is 0.239. The predicted octanol–water partition coefficient (Wildman–Crippen LogP) is 2.41. The summed E-state index contributed by atoms with van der Waals surface area (Å²) in [6.45, 7) is 1.51. The zero-order valence-corrected chi connectivity index (χ0v) is 10.0. The van der Waals surface area contributed by atoms with Crippen LogP contribution in [0, 0.1) is 5.41 Å². The molecule has 0 saturated heterocycles. The van der Waals surface area contributed by atoms with Crippen LogP contribution in [0.1, 0.15) is 51.4 Å². The first kappa shape index (κ1) is 11.4. The maximum absolute atomic E-state index is 9.64. The third kappa shape index (κ3) is 2.54. The fraction of sp³-hybridized carbons (Fsp3) is 1.00. The molecule has 0 bridgehead atoms. The van der Waals surface area contributed by atoms with Gasteiger partial charge in [-0.2, -0.15) is 0 Å². The summed E-state index contributed by atoms with van der Waals surface area (Å²) < 4.78 is 0. The first-order chi connectivity index (χ1) is 7.26. The quantitative estimate of drug-likeness (QED) is 0.772. The molecule has 2 heteroatoms. The van der Waals surface area contributed by atoms with Crippen molar-refractivity contribution >= 4 is 0 Å². The molecule has 0 atom stereocenters. The highest BCUT2D eigenvalue weighted by molar-refractivity contribution is 4.88. The number of aliphatic hydroxyl groups is 1. The lowest BCUT2D eigenvalue weighted by Gasteiger charge is -2.43. The van der Waals surface area contributed by atoms with Gasteiger partial charge in [0.15, 0.2) is 0 Å². The van der Waals surface area contributed by atoms with Crippen LogP contribution in [0.2, 0.25) is 0 Å². The van der Waals surface area contributed by atoms with Crippen molar-refractivity contribution < 1.29 is 5.11 Å². The molecule has 0 spiro atoms. The number of nitrogens with zero attached hydrogens (tertiary/aromatic N) is 1. The SMILES string of the molecule is CN(CC1(CO)CCCCC1)C1CCC1. The van der Waals surface area contributed by atoms with E-state index < -0.39 is 0 Å². The molecular weight excluding hydrogens is 186 g/mol. The zero-order valence-electron chi connectivity index (χ0n) is 10.0. The molecule has 1 N–H and O–H groups in total. The van der Waals surface area contributed by atoms with E-state index >= 15 is 0 Å². The highest BCUT2D eigenvalue weighted by Crippen LogP contribution is 2.38. The van der Waals surface area contributed by atoms with Gasteiger partial charge in [0.05, 0.1) is 0 Å². The molecule has 0 unspecified atom stereocenters. The molecule has 88 valence electrons. The summed E-state index contributed by atoms with van der Waals surface area (Å²) in [7, 11) is 2.25. The van der Waals surface area contributed by atoms with Crippen LogP contribution >= 0.6 is 0 Å². The van der Waals surface area contributed by atoms with E-state index in [0.29, 0.717) is 6.61 Å². The van der Waals surface area contributed by atoms with Gasteiger partial charge < -0.3 is 10.0 Å². The Hall–Kier alpha value is -0.0800. The van der Waals surface area contributed by atoms with Crippen molar-refractivity contribution in [3.63, 3.8) is 0 Å². The number of hydrogen-bond acceptors (Lipinski definition) is 2. The second kappa shape index (κ2) is 4.84. The molecule has 0 amide bonds. The summed E-state index contributed by atoms with van der Waals surface area (Å²) in [5.74, 6) is 0. The Kier molecular flexibility index (Phi) is 3.68. The fourth-order valence-corrected chi connectivity index (χ4v) is 3.15. The Morgan fingerprint density at radius 3 is 2.27 bits per heavy atom. The first-order valence-electron chi connectivity index (χ1n) is 6.57. The van der Waals surface area contributed by atoms with Crippen molar-refractivity contribution in [1.29, 1.82) is 0 Å². The van der Waals surface area contributed by atoms with E-state index in [9.17, 15) is 5.11 Å². The monoisotopic (exact) mass is 211 g/mol. The minimum absolute atomic E-state index is 0.239. The van der Waals surface area contributed by atoms with E-state index in [4.69, 9.17) is 0 Å². The van der Waals surface area contributed by atoms with Crippen LogP contribution in [-0.4, -0.2) is 36.2 Å². The lowest BCUT2D eigenvalue weighted by Crippen LogP contribution is -2.46. The van der Waals surface area contributed by atoms with Gasteiger partial charge in [-0.25, -0.2) is 0 Å². The standard InChI is InChI=1S/C13H25NO/c1-14(12-6-5-7-12)10-13(11-15)8-3-2-4-9-13/h12,15H,2-11H2,1H3. The van der Waals surface area contributed by atoms with Gasteiger partial charge in [-0.05, 0) is 32.7 Å². The van der Waals surface area contributed by atoms with Gasteiger partial charge in [-0.3, -0.25) is 0 Å².